The van der Waals surface area contributed by atoms with Crippen LogP contribution in [0.5, 0.6) is 0 Å². The first-order valence-corrected chi connectivity index (χ1v) is 9.56. The van der Waals surface area contributed by atoms with E-state index in [1.165, 1.54) is 45.6 Å². The summed E-state index contributed by atoms with van der Waals surface area (Å²) in [6, 6.07) is 4.81. The predicted octanol–water partition coefficient (Wildman–Crippen LogP) is 4.52. The lowest BCUT2D eigenvalue weighted by atomic mass is 10.0. The monoisotopic (exact) mass is 284 g/mol. The number of benzene rings is 1. The van der Waals surface area contributed by atoms with Gasteiger partial charge in [-0.1, -0.05) is 12.1 Å². The molecule has 1 heterocycles. The molecule has 0 aliphatic carbocycles. The van der Waals surface area contributed by atoms with E-state index in [1.807, 2.05) is 0 Å². The molecule has 1 aromatic rings. The Morgan fingerprint density at radius 3 is 1.59 bits per heavy atom. The Morgan fingerprint density at radius 1 is 0.706 bits per heavy atom. The second-order valence-corrected chi connectivity index (χ2v) is 7.86. The van der Waals surface area contributed by atoms with Gasteiger partial charge in [0.25, 0.3) is 0 Å². The van der Waals surface area contributed by atoms with Gasteiger partial charge in [0.2, 0.25) is 0 Å². The summed E-state index contributed by atoms with van der Waals surface area (Å²) < 4.78 is 0. The molecule has 0 saturated heterocycles. The molecule has 0 unspecified atom stereocenters. The highest BCUT2D eigenvalue weighted by atomic mass is 32.2. The van der Waals surface area contributed by atoms with Crippen LogP contribution in [-0.4, -0.2) is 23.0 Å². The highest BCUT2D eigenvalue weighted by Crippen LogP contribution is 2.26. The van der Waals surface area contributed by atoms with Gasteiger partial charge in [0.15, 0.2) is 0 Å². The van der Waals surface area contributed by atoms with Gasteiger partial charge in [0.1, 0.15) is 0 Å². The molecule has 0 atom stereocenters. The molecule has 0 N–H and O–H groups in total. The summed E-state index contributed by atoms with van der Waals surface area (Å²) in [5.41, 5.74) is 6.02. The number of rotatable bonds is 0. The zero-order valence-electron chi connectivity index (χ0n) is 10.6. The van der Waals surface area contributed by atoms with Crippen molar-refractivity contribution in [1.29, 1.82) is 0 Å². The largest absolute Gasteiger partial charge is 0.160 e. The second kappa shape index (κ2) is 7.01. The Labute approximate surface area is 118 Å². The minimum absolute atomic E-state index is 1.19. The minimum Gasteiger partial charge on any atom is -0.160 e. The van der Waals surface area contributed by atoms with Crippen LogP contribution in [0.2, 0.25) is 0 Å². The van der Waals surface area contributed by atoms with Crippen LogP contribution in [0.1, 0.15) is 22.3 Å². The van der Waals surface area contributed by atoms with Crippen LogP contribution in [0.3, 0.4) is 0 Å². The lowest BCUT2D eigenvalue weighted by Gasteiger charge is -2.12. The molecule has 0 aromatic heterocycles. The van der Waals surface area contributed by atoms with Crippen LogP contribution >= 0.6 is 35.3 Å². The van der Waals surface area contributed by atoms with Gasteiger partial charge in [-0.05, 0) is 36.1 Å². The second-order valence-electron chi connectivity index (χ2n) is 4.42. The first kappa shape index (κ1) is 13.7. The van der Waals surface area contributed by atoms with Gasteiger partial charge in [-0.25, -0.2) is 0 Å². The highest BCUT2D eigenvalue weighted by molar-refractivity contribution is 8.04. The van der Waals surface area contributed by atoms with Crippen molar-refractivity contribution < 1.29 is 0 Å². The average molecular weight is 285 g/mol. The number of fused-ring (bicyclic) bond motifs is 1. The van der Waals surface area contributed by atoms with E-state index in [0.29, 0.717) is 0 Å². The molecule has 0 nitrogen and oxygen atoms in total. The summed E-state index contributed by atoms with van der Waals surface area (Å²) in [6.45, 7) is 4.46. The topological polar surface area (TPSA) is 0 Å². The van der Waals surface area contributed by atoms with E-state index in [2.05, 4.69) is 61.3 Å². The molecular formula is C14H20S3. The first-order chi connectivity index (χ1) is 8.27. The normalized spacial score (nSPS) is 18.2. The SMILES string of the molecule is Cc1cc2c(cc1C)CSCCSCCSC2. The van der Waals surface area contributed by atoms with E-state index >= 15 is 0 Å². The summed E-state index contributed by atoms with van der Waals surface area (Å²) >= 11 is 6.28. The first-order valence-electron chi connectivity index (χ1n) is 6.09. The van der Waals surface area contributed by atoms with Crippen LogP contribution in [0.25, 0.3) is 0 Å². The van der Waals surface area contributed by atoms with Crippen molar-refractivity contribution in [2.75, 3.05) is 23.0 Å². The van der Waals surface area contributed by atoms with E-state index in [9.17, 15) is 0 Å². The Balaban J connectivity index is 2.18. The molecule has 1 aromatic carbocycles. The molecule has 0 saturated carbocycles. The van der Waals surface area contributed by atoms with Gasteiger partial charge in [-0.2, -0.15) is 35.3 Å². The van der Waals surface area contributed by atoms with Crippen molar-refractivity contribution >= 4 is 35.3 Å². The van der Waals surface area contributed by atoms with E-state index in [0.717, 1.165) is 0 Å². The molecule has 2 rings (SSSR count). The Morgan fingerprint density at radius 2 is 1.12 bits per heavy atom. The maximum atomic E-state index is 2.41. The molecule has 17 heavy (non-hydrogen) atoms. The summed E-state index contributed by atoms with van der Waals surface area (Å²) in [6.07, 6.45) is 0. The standard InChI is InChI=1S/C14H20S3/c1-11-7-13-9-16-5-3-15-4-6-17-10-14(13)8-12(11)2/h7-8H,3-6,9-10H2,1-2H3. The van der Waals surface area contributed by atoms with Crippen molar-refractivity contribution in [3.05, 3.63) is 34.4 Å². The summed E-state index contributed by atoms with van der Waals surface area (Å²) in [4.78, 5) is 0. The zero-order chi connectivity index (χ0) is 12.1. The van der Waals surface area contributed by atoms with Crippen LogP contribution in [0.4, 0.5) is 0 Å². The Kier molecular flexibility index (Phi) is 5.64. The third kappa shape index (κ3) is 4.15. The van der Waals surface area contributed by atoms with Gasteiger partial charge in [-0.15, -0.1) is 0 Å². The lowest BCUT2D eigenvalue weighted by Crippen LogP contribution is -1.95. The van der Waals surface area contributed by atoms with Crippen LogP contribution < -0.4 is 0 Å². The molecular weight excluding hydrogens is 264 g/mol. The average Bonchev–Trinajstić information content (AvgIpc) is 2.36. The molecule has 0 amide bonds. The number of aryl methyl sites for hydroxylation is 2. The van der Waals surface area contributed by atoms with Crippen molar-refractivity contribution in [3.63, 3.8) is 0 Å². The number of hydrogen-bond acceptors (Lipinski definition) is 3. The molecule has 1 aliphatic heterocycles. The van der Waals surface area contributed by atoms with E-state index in [4.69, 9.17) is 0 Å². The Bertz CT molecular complexity index is 339. The fourth-order valence-corrected chi connectivity index (χ4v) is 5.26. The van der Waals surface area contributed by atoms with E-state index < -0.39 is 0 Å². The van der Waals surface area contributed by atoms with Gasteiger partial charge in [-0.3, -0.25) is 0 Å². The number of hydrogen-bond donors (Lipinski definition) is 0. The molecule has 94 valence electrons. The quantitative estimate of drug-likeness (QED) is 0.687. The maximum Gasteiger partial charge on any atom is 0.0188 e. The van der Waals surface area contributed by atoms with Crippen LogP contribution in [0.15, 0.2) is 12.1 Å². The molecule has 0 spiro atoms. The zero-order valence-corrected chi connectivity index (χ0v) is 13.1. The maximum absolute atomic E-state index is 2.41. The van der Waals surface area contributed by atoms with E-state index in [-0.39, 0.29) is 0 Å². The number of thioether (sulfide) groups is 3. The fourth-order valence-electron chi connectivity index (χ4n) is 1.91. The smallest absolute Gasteiger partial charge is 0.0188 e. The molecule has 3 heteroatoms. The highest BCUT2D eigenvalue weighted by Gasteiger charge is 2.07. The molecule has 0 radical (unpaired) electrons. The molecule has 1 aliphatic rings. The van der Waals surface area contributed by atoms with Gasteiger partial charge in [0.05, 0.1) is 0 Å². The van der Waals surface area contributed by atoms with Crippen molar-refractivity contribution in [1.82, 2.24) is 0 Å². The van der Waals surface area contributed by atoms with Crippen LogP contribution in [-0.2, 0) is 11.5 Å². The third-order valence-electron chi connectivity index (χ3n) is 3.08. The summed E-state index contributed by atoms with van der Waals surface area (Å²) in [7, 11) is 0. The predicted molar refractivity (Wildman–Crippen MR) is 85.6 cm³/mol. The van der Waals surface area contributed by atoms with Crippen molar-refractivity contribution in [2.45, 2.75) is 25.4 Å². The summed E-state index contributed by atoms with van der Waals surface area (Å²) in [5.74, 6) is 7.59. The Hall–Kier alpha value is 0.270. The lowest BCUT2D eigenvalue weighted by molar-refractivity contribution is 1.21. The summed E-state index contributed by atoms with van der Waals surface area (Å²) in [5, 5.41) is 0. The van der Waals surface area contributed by atoms with Crippen molar-refractivity contribution in [2.24, 2.45) is 0 Å². The van der Waals surface area contributed by atoms with Crippen LogP contribution in [0, 0.1) is 13.8 Å². The fraction of sp³-hybridized carbons (Fsp3) is 0.571. The van der Waals surface area contributed by atoms with Gasteiger partial charge < -0.3 is 0 Å². The third-order valence-corrected chi connectivity index (χ3v) is 6.59. The minimum atomic E-state index is 1.19. The van der Waals surface area contributed by atoms with Gasteiger partial charge in [0, 0.05) is 34.5 Å². The van der Waals surface area contributed by atoms with Gasteiger partial charge >= 0.3 is 0 Å². The molecule has 0 fully saturated rings. The van der Waals surface area contributed by atoms with Crippen molar-refractivity contribution in [3.8, 4) is 0 Å². The van der Waals surface area contributed by atoms with E-state index in [1.54, 1.807) is 11.1 Å². The molecule has 0 bridgehead atoms.